The van der Waals surface area contributed by atoms with Crippen molar-refractivity contribution in [3.8, 4) is 0 Å². The molecule has 140 valence electrons. The quantitative estimate of drug-likeness (QED) is 0.441. The lowest BCUT2D eigenvalue weighted by molar-refractivity contribution is -0.384. The Balaban J connectivity index is 2.45. The summed E-state index contributed by atoms with van der Waals surface area (Å²) in [7, 11) is -4.30. The number of hydrogen-bond acceptors (Lipinski definition) is 5. The minimum Gasteiger partial charge on any atom is -0.365 e. The van der Waals surface area contributed by atoms with Crippen molar-refractivity contribution >= 4 is 21.2 Å². The molecular weight excluding hydrogens is 380 g/mol. The molecule has 0 heterocycles. The number of nitro benzene ring substituents is 1. The highest BCUT2D eigenvalue weighted by atomic mass is 32.2. The van der Waals surface area contributed by atoms with Crippen LogP contribution in [-0.4, -0.2) is 25.9 Å². The lowest BCUT2D eigenvalue weighted by Gasteiger charge is -2.20. The molecule has 0 aromatic heterocycles. The second-order valence-corrected chi connectivity index (χ2v) is 7.28. The molecule has 0 saturated carbocycles. The minimum atomic E-state index is -5.71. The Morgan fingerprint density at radius 3 is 2.35 bits per heavy atom. The summed E-state index contributed by atoms with van der Waals surface area (Å²) in [6, 6.07) is 7.33. The SMILES string of the molecule is CN(Cc1cccc(F)c1)c1ccc(S(=O)(=O)C(F)(F)F)cc1[N+](=O)[O-]. The van der Waals surface area contributed by atoms with E-state index in [1.807, 2.05) is 0 Å². The molecule has 0 N–H and O–H groups in total. The molecule has 0 aliphatic carbocycles. The van der Waals surface area contributed by atoms with E-state index in [4.69, 9.17) is 0 Å². The molecule has 0 spiro atoms. The van der Waals surface area contributed by atoms with Gasteiger partial charge in [0.15, 0.2) is 0 Å². The standard InChI is InChI=1S/C15H12F4N2O4S/c1-20(9-10-3-2-4-11(16)7-10)13-6-5-12(8-14(13)21(22)23)26(24,25)15(17,18)19/h2-8H,9H2,1H3. The third kappa shape index (κ3) is 3.93. The normalized spacial score (nSPS) is 12.0. The zero-order chi connectivity index (χ0) is 19.7. The maximum atomic E-state index is 13.2. The Bertz CT molecular complexity index is 945. The van der Waals surface area contributed by atoms with E-state index in [9.17, 15) is 36.1 Å². The summed E-state index contributed by atoms with van der Waals surface area (Å²) in [6.45, 7) is 0.0178. The first-order chi connectivity index (χ1) is 11.9. The Labute approximate surface area is 145 Å². The number of sulfone groups is 1. The topological polar surface area (TPSA) is 80.5 Å². The fourth-order valence-electron chi connectivity index (χ4n) is 2.27. The molecule has 2 aromatic rings. The lowest BCUT2D eigenvalue weighted by Crippen LogP contribution is -2.24. The summed E-state index contributed by atoms with van der Waals surface area (Å²) in [5, 5.41) is 11.2. The van der Waals surface area contributed by atoms with Gasteiger partial charge in [-0.15, -0.1) is 0 Å². The van der Waals surface area contributed by atoms with Gasteiger partial charge in [-0.25, -0.2) is 12.8 Å². The molecule has 0 aliphatic rings. The largest absolute Gasteiger partial charge is 0.501 e. The first-order valence-corrected chi connectivity index (χ1v) is 8.47. The van der Waals surface area contributed by atoms with Gasteiger partial charge in [-0.05, 0) is 29.8 Å². The van der Waals surface area contributed by atoms with Crippen molar-refractivity contribution in [2.75, 3.05) is 11.9 Å². The monoisotopic (exact) mass is 392 g/mol. The molecule has 6 nitrogen and oxygen atoms in total. The average molecular weight is 392 g/mol. The van der Waals surface area contributed by atoms with Gasteiger partial charge in [-0.1, -0.05) is 12.1 Å². The maximum absolute atomic E-state index is 13.2. The van der Waals surface area contributed by atoms with Gasteiger partial charge >= 0.3 is 5.51 Å². The molecule has 0 bridgehead atoms. The number of halogens is 4. The van der Waals surface area contributed by atoms with Crippen LogP contribution in [0.3, 0.4) is 0 Å². The fraction of sp³-hybridized carbons (Fsp3) is 0.200. The van der Waals surface area contributed by atoms with Crippen LogP contribution in [-0.2, 0) is 16.4 Å². The molecule has 0 fully saturated rings. The summed E-state index contributed by atoms with van der Waals surface area (Å²) >= 11 is 0. The molecule has 0 unspecified atom stereocenters. The highest BCUT2D eigenvalue weighted by molar-refractivity contribution is 7.92. The average Bonchev–Trinajstić information content (AvgIpc) is 2.53. The van der Waals surface area contributed by atoms with E-state index < -0.39 is 36.7 Å². The number of nitro groups is 1. The van der Waals surface area contributed by atoms with Crippen molar-refractivity contribution < 1.29 is 30.9 Å². The number of hydrogen-bond donors (Lipinski definition) is 0. The predicted molar refractivity (Wildman–Crippen MR) is 84.8 cm³/mol. The van der Waals surface area contributed by atoms with Crippen LogP contribution in [0.25, 0.3) is 0 Å². The van der Waals surface area contributed by atoms with E-state index in [1.54, 1.807) is 6.07 Å². The number of anilines is 1. The van der Waals surface area contributed by atoms with Gasteiger partial charge in [-0.2, -0.15) is 13.2 Å². The van der Waals surface area contributed by atoms with Crippen LogP contribution in [0.5, 0.6) is 0 Å². The number of rotatable bonds is 5. The molecule has 0 aliphatic heterocycles. The minimum absolute atomic E-state index is 0.0178. The molecular formula is C15H12F4N2O4S. The van der Waals surface area contributed by atoms with Gasteiger partial charge in [-0.3, -0.25) is 10.1 Å². The summed E-state index contributed by atoms with van der Waals surface area (Å²) in [4.78, 5) is 10.3. The molecule has 0 radical (unpaired) electrons. The van der Waals surface area contributed by atoms with Gasteiger partial charge in [0, 0.05) is 19.7 Å². The third-order valence-electron chi connectivity index (χ3n) is 3.48. The molecule has 0 saturated heterocycles. The molecule has 2 aromatic carbocycles. The van der Waals surface area contributed by atoms with Crippen molar-refractivity contribution in [3.63, 3.8) is 0 Å². The van der Waals surface area contributed by atoms with E-state index in [-0.39, 0.29) is 12.2 Å². The number of nitrogens with zero attached hydrogens (tertiary/aromatic N) is 2. The highest BCUT2D eigenvalue weighted by Crippen LogP contribution is 2.36. The highest BCUT2D eigenvalue weighted by Gasteiger charge is 2.47. The molecule has 0 amide bonds. The van der Waals surface area contributed by atoms with Crippen LogP contribution in [0.15, 0.2) is 47.4 Å². The molecule has 0 atom stereocenters. The van der Waals surface area contributed by atoms with Gasteiger partial charge in [0.25, 0.3) is 15.5 Å². The van der Waals surface area contributed by atoms with Crippen molar-refractivity contribution in [1.82, 2.24) is 0 Å². The Morgan fingerprint density at radius 1 is 1.15 bits per heavy atom. The van der Waals surface area contributed by atoms with Crippen molar-refractivity contribution in [2.45, 2.75) is 16.9 Å². The maximum Gasteiger partial charge on any atom is 0.501 e. The van der Waals surface area contributed by atoms with E-state index in [0.29, 0.717) is 17.7 Å². The summed E-state index contributed by atoms with van der Waals surface area (Å²) in [6.07, 6.45) is 0. The van der Waals surface area contributed by atoms with Crippen LogP contribution in [0, 0.1) is 15.9 Å². The van der Waals surface area contributed by atoms with Gasteiger partial charge in [0.05, 0.1) is 9.82 Å². The smallest absolute Gasteiger partial charge is 0.365 e. The van der Waals surface area contributed by atoms with Crippen LogP contribution in [0.4, 0.5) is 28.9 Å². The molecule has 2 rings (SSSR count). The summed E-state index contributed by atoms with van der Waals surface area (Å²) < 4.78 is 74.0. The van der Waals surface area contributed by atoms with Crippen LogP contribution >= 0.6 is 0 Å². The second kappa shape index (κ2) is 6.90. The van der Waals surface area contributed by atoms with Crippen LogP contribution < -0.4 is 4.90 Å². The predicted octanol–water partition coefficient (Wildman–Crippen LogP) is 3.66. The Kier molecular flexibility index (Phi) is 5.21. The Morgan fingerprint density at radius 2 is 1.81 bits per heavy atom. The van der Waals surface area contributed by atoms with Crippen molar-refractivity contribution in [1.29, 1.82) is 0 Å². The van der Waals surface area contributed by atoms with E-state index in [2.05, 4.69) is 0 Å². The zero-order valence-electron chi connectivity index (χ0n) is 13.2. The van der Waals surface area contributed by atoms with Crippen molar-refractivity contribution in [3.05, 3.63) is 64.0 Å². The summed E-state index contributed by atoms with van der Waals surface area (Å²) in [5.41, 5.74) is -6.03. The van der Waals surface area contributed by atoms with Gasteiger partial charge in [0.2, 0.25) is 0 Å². The molecule has 26 heavy (non-hydrogen) atoms. The number of alkyl halides is 3. The van der Waals surface area contributed by atoms with E-state index in [0.717, 1.165) is 6.07 Å². The first kappa shape index (κ1) is 19.6. The van der Waals surface area contributed by atoms with Crippen LogP contribution in [0.2, 0.25) is 0 Å². The van der Waals surface area contributed by atoms with E-state index in [1.165, 1.54) is 30.1 Å². The third-order valence-corrected chi connectivity index (χ3v) is 4.96. The van der Waals surface area contributed by atoms with Crippen LogP contribution in [0.1, 0.15) is 5.56 Å². The van der Waals surface area contributed by atoms with Gasteiger partial charge in [0.1, 0.15) is 11.5 Å². The second-order valence-electron chi connectivity index (χ2n) is 5.34. The number of benzene rings is 2. The lowest BCUT2D eigenvalue weighted by atomic mass is 10.2. The fourth-order valence-corrected chi connectivity index (χ4v) is 3.05. The first-order valence-electron chi connectivity index (χ1n) is 6.99. The Hall–Kier alpha value is -2.69. The van der Waals surface area contributed by atoms with Crippen molar-refractivity contribution in [2.24, 2.45) is 0 Å². The zero-order valence-corrected chi connectivity index (χ0v) is 14.0. The van der Waals surface area contributed by atoms with Gasteiger partial charge < -0.3 is 4.90 Å². The molecule has 11 heteroatoms. The summed E-state index contributed by atoms with van der Waals surface area (Å²) in [5.74, 6) is -0.517. The van der Waals surface area contributed by atoms with E-state index >= 15 is 0 Å².